The first-order valence-corrected chi connectivity index (χ1v) is 13.2. The number of nitrogens with zero attached hydrogens (tertiary/aromatic N) is 1. The minimum absolute atomic E-state index is 0.223. The number of benzene rings is 2. The van der Waals surface area contributed by atoms with Gasteiger partial charge in [-0.1, -0.05) is 24.3 Å². The summed E-state index contributed by atoms with van der Waals surface area (Å²) in [5, 5.41) is 7.87. The van der Waals surface area contributed by atoms with E-state index in [1.54, 1.807) is 30.5 Å². The minimum Gasteiger partial charge on any atom is -0.340 e. The molecule has 34 heavy (non-hydrogen) atoms. The average Bonchev–Trinajstić information content (AvgIpc) is 2.84. The molecule has 1 fully saturated rings. The molecule has 8 heteroatoms. The van der Waals surface area contributed by atoms with Crippen LogP contribution in [0.25, 0.3) is 22.0 Å². The molecule has 0 spiro atoms. The van der Waals surface area contributed by atoms with Crippen molar-refractivity contribution in [3.05, 3.63) is 82.8 Å². The number of rotatable bonds is 5. The van der Waals surface area contributed by atoms with Gasteiger partial charge in [0, 0.05) is 23.7 Å². The van der Waals surface area contributed by atoms with Crippen LogP contribution in [0.3, 0.4) is 0 Å². The van der Waals surface area contributed by atoms with Crippen molar-refractivity contribution >= 4 is 32.1 Å². The maximum Gasteiger partial charge on any atom is 0.259 e. The number of aromatic nitrogens is 2. The maximum absolute atomic E-state index is 12.7. The number of hydrogen-bond acceptors (Lipinski definition) is 6. The van der Waals surface area contributed by atoms with Gasteiger partial charge in [-0.15, -0.1) is 0 Å². The number of sulfone groups is 1. The standard InChI is InChI=1S/C26H26N4O3S/c1-34(32,33)22-4-2-3-19(15-22)23-16-20-11-14-28-26(31)24(20)25(30-23)29-21-7-5-17(6-8-21)18-9-12-27-13-10-18/h2-8,11,14-16,18,27H,9-10,12-13H2,1H3,(H,28,31)(H,29,30). The summed E-state index contributed by atoms with van der Waals surface area (Å²) in [5.74, 6) is 0.983. The highest BCUT2D eigenvalue weighted by Crippen LogP contribution is 2.30. The van der Waals surface area contributed by atoms with Crippen LogP contribution in [-0.4, -0.2) is 37.7 Å². The van der Waals surface area contributed by atoms with Gasteiger partial charge in [0.2, 0.25) is 0 Å². The molecule has 0 radical (unpaired) electrons. The quantitative estimate of drug-likeness (QED) is 0.400. The number of nitrogens with one attached hydrogen (secondary N) is 3. The number of fused-ring (bicyclic) bond motifs is 1. The summed E-state index contributed by atoms with van der Waals surface area (Å²) in [6.07, 6.45) is 5.03. The van der Waals surface area contributed by atoms with E-state index in [1.165, 1.54) is 11.8 Å². The van der Waals surface area contributed by atoms with Crippen molar-refractivity contribution in [1.29, 1.82) is 0 Å². The van der Waals surface area contributed by atoms with Crippen molar-refractivity contribution in [2.45, 2.75) is 23.7 Å². The Morgan fingerprint density at radius 3 is 2.50 bits per heavy atom. The molecular weight excluding hydrogens is 448 g/mol. The molecular formula is C26H26N4O3S. The molecule has 1 aliphatic rings. The van der Waals surface area contributed by atoms with Crippen molar-refractivity contribution in [2.75, 3.05) is 24.7 Å². The number of anilines is 2. The van der Waals surface area contributed by atoms with E-state index in [1.807, 2.05) is 24.3 Å². The fourth-order valence-electron chi connectivity index (χ4n) is 4.47. The summed E-state index contributed by atoms with van der Waals surface area (Å²) < 4.78 is 24.1. The zero-order valence-electron chi connectivity index (χ0n) is 18.8. The largest absolute Gasteiger partial charge is 0.340 e. The fourth-order valence-corrected chi connectivity index (χ4v) is 5.14. The molecule has 3 heterocycles. The molecule has 1 aliphatic heterocycles. The third-order valence-corrected chi connectivity index (χ3v) is 7.41. The number of pyridine rings is 2. The van der Waals surface area contributed by atoms with E-state index in [0.29, 0.717) is 33.8 Å². The summed E-state index contributed by atoms with van der Waals surface area (Å²) >= 11 is 0. The Balaban J connectivity index is 1.55. The van der Waals surface area contributed by atoms with Crippen molar-refractivity contribution in [2.24, 2.45) is 0 Å². The summed E-state index contributed by atoms with van der Waals surface area (Å²) in [7, 11) is -3.36. The summed E-state index contributed by atoms with van der Waals surface area (Å²) in [6, 6.07) is 18.6. The molecule has 0 atom stereocenters. The lowest BCUT2D eigenvalue weighted by Crippen LogP contribution is -2.26. The Labute approximate surface area is 198 Å². The predicted molar refractivity (Wildman–Crippen MR) is 135 cm³/mol. The number of piperidine rings is 1. The second-order valence-corrected chi connectivity index (χ2v) is 10.7. The fraction of sp³-hybridized carbons (Fsp3) is 0.231. The van der Waals surface area contributed by atoms with Gasteiger partial charge in [-0.2, -0.15) is 0 Å². The van der Waals surface area contributed by atoms with Crippen molar-refractivity contribution < 1.29 is 8.42 Å². The first-order valence-electron chi connectivity index (χ1n) is 11.3. The van der Waals surface area contributed by atoms with Crippen LogP contribution < -0.4 is 16.2 Å². The first kappa shape index (κ1) is 22.3. The molecule has 5 rings (SSSR count). The van der Waals surface area contributed by atoms with E-state index in [-0.39, 0.29) is 10.5 Å². The number of H-pyrrole nitrogens is 1. The van der Waals surface area contributed by atoms with E-state index in [0.717, 1.165) is 31.6 Å². The highest BCUT2D eigenvalue weighted by molar-refractivity contribution is 7.90. The Morgan fingerprint density at radius 1 is 1.00 bits per heavy atom. The molecule has 7 nitrogen and oxygen atoms in total. The Morgan fingerprint density at radius 2 is 1.76 bits per heavy atom. The predicted octanol–water partition coefficient (Wildman–Crippen LogP) is 4.20. The summed E-state index contributed by atoms with van der Waals surface area (Å²) in [5.41, 5.74) is 3.15. The van der Waals surface area contributed by atoms with Crippen LogP contribution >= 0.6 is 0 Å². The molecule has 2 aromatic heterocycles. The van der Waals surface area contributed by atoms with Gasteiger partial charge >= 0.3 is 0 Å². The highest BCUT2D eigenvalue weighted by atomic mass is 32.2. The molecule has 0 amide bonds. The van der Waals surface area contributed by atoms with Crippen molar-refractivity contribution in [3.8, 4) is 11.3 Å². The molecule has 3 N–H and O–H groups in total. The smallest absolute Gasteiger partial charge is 0.259 e. The zero-order valence-corrected chi connectivity index (χ0v) is 19.7. The zero-order chi connectivity index (χ0) is 23.7. The normalized spacial score (nSPS) is 14.9. The van der Waals surface area contributed by atoms with Crippen molar-refractivity contribution in [1.82, 2.24) is 15.3 Å². The molecule has 0 aliphatic carbocycles. The monoisotopic (exact) mass is 474 g/mol. The van der Waals surface area contributed by atoms with Gasteiger partial charge in [0.05, 0.1) is 16.0 Å². The average molecular weight is 475 g/mol. The first-order chi connectivity index (χ1) is 16.4. The summed E-state index contributed by atoms with van der Waals surface area (Å²) in [4.78, 5) is 20.3. The molecule has 174 valence electrons. The minimum atomic E-state index is -3.36. The van der Waals surface area contributed by atoms with Crippen LogP contribution in [0.5, 0.6) is 0 Å². The Kier molecular flexibility index (Phi) is 5.93. The molecule has 2 aromatic carbocycles. The van der Waals surface area contributed by atoms with Crippen LogP contribution in [0, 0.1) is 0 Å². The lowest BCUT2D eigenvalue weighted by atomic mass is 9.90. The second kappa shape index (κ2) is 9.04. The van der Waals surface area contributed by atoms with E-state index in [9.17, 15) is 13.2 Å². The van der Waals surface area contributed by atoms with Gasteiger partial charge in [0.1, 0.15) is 5.82 Å². The van der Waals surface area contributed by atoms with Crippen LogP contribution in [0.4, 0.5) is 11.5 Å². The van der Waals surface area contributed by atoms with Crippen LogP contribution in [-0.2, 0) is 9.84 Å². The number of aromatic amines is 1. The molecule has 0 unspecified atom stereocenters. The van der Waals surface area contributed by atoms with Gasteiger partial charge < -0.3 is 15.6 Å². The topological polar surface area (TPSA) is 104 Å². The molecule has 0 saturated carbocycles. The maximum atomic E-state index is 12.7. The molecule has 4 aromatic rings. The van der Waals surface area contributed by atoms with Crippen LogP contribution in [0.1, 0.15) is 24.3 Å². The molecule has 0 bridgehead atoms. The summed E-state index contributed by atoms with van der Waals surface area (Å²) in [6.45, 7) is 2.08. The van der Waals surface area contributed by atoms with Crippen LogP contribution in [0.2, 0.25) is 0 Å². The second-order valence-electron chi connectivity index (χ2n) is 8.70. The van der Waals surface area contributed by atoms with Crippen LogP contribution in [0.15, 0.2) is 76.6 Å². The third-order valence-electron chi connectivity index (χ3n) is 6.30. The van der Waals surface area contributed by atoms with Crippen molar-refractivity contribution in [3.63, 3.8) is 0 Å². The van der Waals surface area contributed by atoms with E-state index < -0.39 is 9.84 Å². The Hall–Kier alpha value is -3.49. The van der Waals surface area contributed by atoms with Gasteiger partial charge in [0.15, 0.2) is 9.84 Å². The van der Waals surface area contributed by atoms with E-state index >= 15 is 0 Å². The SMILES string of the molecule is CS(=O)(=O)c1cccc(-c2cc3cc[nH]c(=O)c3c(Nc3ccc(C4CCNCC4)cc3)n2)c1. The van der Waals surface area contributed by atoms with Gasteiger partial charge in [-0.25, -0.2) is 13.4 Å². The Bertz CT molecular complexity index is 1510. The third kappa shape index (κ3) is 4.60. The lowest BCUT2D eigenvalue weighted by molar-refractivity contribution is 0.460. The number of hydrogen-bond donors (Lipinski definition) is 3. The van der Waals surface area contributed by atoms with Gasteiger partial charge in [0.25, 0.3) is 5.56 Å². The van der Waals surface area contributed by atoms with Gasteiger partial charge in [-0.3, -0.25) is 4.79 Å². The lowest BCUT2D eigenvalue weighted by Gasteiger charge is -2.23. The van der Waals surface area contributed by atoms with Gasteiger partial charge in [-0.05, 0) is 79.2 Å². The van der Waals surface area contributed by atoms with E-state index in [4.69, 9.17) is 4.98 Å². The highest BCUT2D eigenvalue weighted by Gasteiger charge is 2.16. The van der Waals surface area contributed by atoms with E-state index in [2.05, 4.69) is 27.8 Å². The molecule has 1 saturated heterocycles.